The maximum atomic E-state index is 12.1. The maximum absolute atomic E-state index is 12.1. The molecule has 2 aromatic rings. The van der Waals surface area contributed by atoms with Crippen LogP contribution in [0.4, 0.5) is 0 Å². The summed E-state index contributed by atoms with van der Waals surface area (Å²) in [5, 5.41) is 0. The lowest BCUT2D eigenvalue weighted by atomic mass is 9.95. The van der Waals surface area contributed by atoms with Gasteiger partial charge in [-0.15, -0.1) is 0 Å². The third-order valence-corrected chi connectivity index (χ3v) is 7.61. The highest BCUT2D eigenvalue weighted by Crippen LogP contribution is 2.39. The number of hydrogen-bond donors (Lipinski definition) is 0. The highest BCUT2D eigenvalue weighted by molar-refractivity contribution is 5.78. The first kappa shape index (κ1) is 23.1. The van der Waals surface area contributed by atoms with Crippen LogP contribution in [0.3, 0.4) is 0 Å². The quantitative estimate of drug-likeness (QED) is 0.650. The summed E-state index contributed by atoms with van der Waals surface area (Å²) < 4.78 is 11.6. The fourth-order valence-electron chi connectivity index (χ4n) is 5.67. The summed E-state index contributed by atoms with van der Waals surface area (Å²) in [6, 6.07) is 20.6. The van der Waals surface area contributed by atoms with Crippen molar-refractivity contribution in [3.63, 3.8) is 0 Å². The van der Waals surface area contributed by atoms with Crippen molar-refractivity contribution in [3.8, 4) is 0 Å². The van der Waals surface area contributed by atoms with E-state index < -0.39 is 0 Å². The molecule has 0 aliphatic carbocycles. The van der Waals surface area contributed by atoms with Gasteiger partial charge in [0.25, 0.3) is 0 Å². The fourth-order valence-corrected chi connectivity index (χ4v) is 5.67. The van der Waals surface area contributed by atoms with E-state index in [1.165, 1.54) is 11.1 Å². The molecule has 4 aliphatic heterocycles. The van der Waals surface area contributed by atoms with Gasteiger partial charge in [-0.05, 0) is 24.0 Å². The molecule has 4 aliphatic rings. The van der Waals surface area contributed by atoms with Gasteiger partial charge < -0.3 is 19.3 Å². The number of hydrogen-bond acceptors (Lipinski definition) is 4. The molecule has 0 saturated carbocycles. The van der Waals surface area contributed by atoms with E-state index in [1.807, 2.05) is 46.2 Å². The molecule has 2 amide bonds. The summed E-state index contributed by atoms with van der Waals surface area (Å²) in [6.07, 6.45) is 3.18. The predicted molar refractivity (Wildman–Crippen MR) is 128 cm³/mol. The largest absolute Gasteiger partial charge is 0.355 e. The summed E-state index contributed by atoms with van der Waals surface area (Å²) in [5.41, 5.74) is 2.36. The Labute approximate surface area is 201 Å². The lowest BCUT2D eigenvalue weighted by Gasteiger charge is -2.36. The van der Waals surface area contributed by atoms with Crippen molar-refractivity contribution < 1.29 is 19.1 Å². The van der Waals surface area contributed by atoms with Crippen molar-refractivity contribution in [2.45, 2.75) is 64.1 Å². The van der Waals surface area contributed by atoms with Crippen molar-refractivity contribution >= 4 is 11.8 Å². The minimum absolute atomic E-state index is 0.0125. The molecule has 6 rings (SSSR count). The van der Waals surface area contributed by atoms with Crippen LogP contribution < -0.4 is 0 Å². The average molecular weight is 463 g/mol. The smallest absolute Gasteiger partial charge is 0.225 e. The zero-order valence-electron chi connectivity index (χ0n) is 20.0. The molecule has 4 heterocycles. The monoisotopic (exact) mass is 462 g/mol. The summed E-state index contributed by atoms with van der Waals surface area (Å²) in [5.74, 6) is 1.36. The Kier molecular flexibility index (Phi) is 6.70. The Morgan fingerprint density at radius 3 is 1.41 bits per heavy atom. The van der Waals surface area contributed by atoms with Gasteiger partial charge in [-0.3, -0.25) is 9.59 Å². The summed E-state index contributed by atoms with van der Waals surface area (Å²) in [6.45, 7) is 5.59. The van der Waals surface area contributed by atoms with Gasteiger partial charge in [-0.25, -0.2) is 0 Å². The van der Waals surface area contributed by atoms with Gasteiger partial charge in [-0.2, -0.15) is 0 Å². The summed E-state index contributed by atoms with van der Waals surface area (Å²) in [4.78, 5) is 28.0. The molecule has 4 fully saturated rings. The van der Waals surface area contributed by atoms with E-state index in [2.05, 4.69) is 38.1 Å². The zero-order chi connectivity index (χ0) is 23.7. The Balaban J connectivity index is 0.000000142. The zero-order valence-corrected chi connectivity index (χ0v) is 20.0. The molecule has 34 heavy (non-hydrogen) atoms. The molecule has 2 aromatic carbocycles. The van der Waals surface area contributed by atoms with Gasteiger partial charge >= 0.3 is 0 Å². The van der Waals surface area contributed by atoms with Crippen molar-refractivity contribution in [1.29, 1.82) is 0 Å². The average Bonchev–Trinajstić information content (AvgIpc) is 3.52. The van der Waals surface area contributed by atoms with Crippen LogP contribution in [0.1, 0.15) is 62.7 Å². The fraction of sp³-hybridized carbons (Fsp3) is 0.500. The topological polar surface area (TPSA) is 59.1 Å². The maximum Gasteiger partial charge on any atom is 0.225 e. The molecular weight excluding hydrogens is 428 g/mol. The van der Waals surface area contributed by atoms with E-state index in [1.54, 1.807) is 0 Å². The first-order valence-corrected chi connectivity index (χ1v) is 12.5. The van der Waals surface area contributed by atoms with Crippen LogP contribution in [0.5, 0.6) is 0 Å². The number of carbonyl (C=O) groups is 2. The number of piperidine rings is 2. The van der Waals surface area contributed by atoms with Gasteiger partial charge in [-0.1, -0.05) is 74.5 Å². The number of carbonyl (C=O) groups excluding carboxylic acids is 2. The molecule has 0 spiro atoms. The lowest BCUT2D eigenvalue weighted by Crippen LogP contribution is -2.45. The molecule has 6 atom stereocenters. The molecule has 0 radical (unpaired) electrons. The molecule has 6 heteroatoms. The first-order chi connectivity index (χ1) is 16.5. The molecule has 180 valence electrons. The van der Waals surface area contributed by atoms with E-state index >= 15 is 0 Å². The number of amides is 2. The van der Waals surface area contributed by atoms with Gasteiger partial charge in [0.05, 0.1) is 25.3 Å². The van der Waals surface area contributed by atoms with Crippen LogP contribution in [-0.2, 0) is 19.1 Å². The lowest BCUT2D eigenvalue weighted by molar-refractivity contribution is -0.147. The van der Waals surface area contributed by atoms with Crippen LogP contribution in [0, 0.1) is 11.8 Å². The van der Waals surface area contributed by atoms with Crippen LogP contribution in [0.25, 0.3) is 0 Å². The van der Waals surface area contributed by atoms with E-state index in [-0.39, 0.29) is 36.4 Å². The third-order valence-electron chi connectivity index (χ3n) is 7.61. The Morgan fingerprint density at radius 2 is 1.03 bits per heavy atom. The summed E-state index contributed by atoms with van der Waals surface area (Å²) in [7, 11) is 0. The highest BCUT2D eigenvalue weighted by Gasteiger charge is 2.45. The van der Waals surface area contributed by atoms with E-state index in [0.717, 1.165) is 12.8 Å². The molecule has 0 aromatic heterocycles. The minimum Gasteiger partial charge on any atom is -0.355 e. The second-order valence-electron chi connectivity index (χ2n) is 9.93. The van der Waals surface area contributed by atoms with Gasteiger partial charge in [0.2, 0.25) is 11.8 Å². The standard InChI is InChI=1S/2C14H17NO2/c2*1-10-7-8-13(16)15-12(9-17-14(10)15)11-5-3-2-4-6-11/h2*2-6,10,12,14H,7-9H2,1H3/t10-,12+,14+;10-,12-,14+/m10/s1. The van der Waals surface area contributed by atoms with Gasteiger partial charge in [0.15, 0.2) is 0 Å². The van der Waals surface area contributed by atoms with Crippen molar-refractivity contribution in [2.75, 3.05) is 13.2 Å². The molecule has 0 bridgehead atoms. The van der Waals surface area contributed by atoms with Crippen LogP contribution in [-0.4, -0.2) is 47.3 Å². The summed E-state index contributed by atoms with van der Waals surface area (Å²) >= 11 is 0. The molecule has 0 N–H and O–H groups in total. The van der Waals surface area contributed by atoms with E-state index in [0.29, 0.717) is 37.9 Å². The molecule has 6 nitrogen and oxygen atoms in total. The Hall–Kier alpha value is -2.70. The van der Waals surface area contributed by atoms with Crippen LogP contribution in [0.2, 0.25) is 0 Å². The first-order valence-electron chi connectivity index (χ1n) is 12.5. The van der Waals surface area contributed by atoms with Crippen LogP contribution >= 0.6 is 0 Å². The minimum atomic E-state index is -0.0125. The van der Waals surface area contributed by atoms with Crippen LogP contribution in [0.15, 0.2) is 60.7 Å². The number of ether oxygens (including phenoxy) is 2. The van der Waals surface area contributed by atoms with Crippen molar-refractivity contribution in [3.05, 3.63) is 71.8 Å². The van der Waals surface area contributed by atoms with Crippen molar-refractivity contribution in [1.82, 2.24) is 9.80 Å². The highest BCUT2D eigenvalue weighted by atomic mass is 16.5. The molecule has 4 saturated heterocycles. The second-order valence-corrected chi connectivity index (χ2v) is 9.93. The molecular formula is C28H34N2O4. The van der Waals surface area contributed by atoms with Crippen molar-refractivity contribution in [2.24, 2.45) is 11.8 Å². The van der Waals surface area contributed by atoms with E-state index in [4.69, 9.17) is 9.47 Å². The van der Waals surface area contributed by atoms with E-state index in [9.17, 15) is 9.59 Å². The predicted octanol–water partition coefficient (Wildman–Crippen LogP) is 4.69. The third kappa shape index (κ3) is 4.37. The molecule has 0 unspecified atom stereocenters. The Morgan fingerprint density at radius 1 is 0.647 bits per heavy atom. The number of benzene rings is 2. The second kappa shape index (κ2) is 9.88. The number of fused-ring (bicyclic) bond motifs is 2. The normalized spacial score (nSPS) is 32.6. The van der Waals surface area contributed by atoms with Gasteiger partial charge in [0, 0.05) is 24.7 Å². The number of nitrogens with zero attached hydrogens (tertiary/aromatic N) is 2. The number of rotatable bonds is 2. The van der Waals surface area contributed by atoms with Gasteiger partial charge in [0.1, 0.15) is 12.5 Å². The SMILES string of the molecule is C[C@@H]1CCC(=O)N2[C@H](c3ccccc3)CO[C@@H]12.C[C@H]1CCC(=O)N2[C@@H]1OC[C@H]2c1ccccc1. The Bertz CT molecular complexity index is 916.